The maximum absolute atomic E-state index is 11.9. The second-order valence-electron chi connectivity index (χ2n) is 4.86. The van der Waals surface area contributed by atoms with Gasteiger partial charge in [-0.05, 0) is 18.9 Å². The molecular weight excluding hydrogens is 272 g/mol. The van der Waals surface area contributed by atoms with Crippen LogP contribution in [-0.2, 0) is 17.8 Å². The van der Waals surface area contributed by atoms with Gasteiger partial charge >= 0.3 is 0 Å². The van der Waals surface area contributed by atoms with Gasteiger partial charge in [-0.25, -0.2) is 9.97 Å². The molecule has 0 aliphatic carbocycles. The molecule has 0 aromatic carbocycles. The van der Waals surface area contributed by atoms with Crippen molar-refractivity contribution in [3.63, 3.8) is 0 Å². The number of carbonyl (C=O) groups is 1. The van der Waals surface area contributed by atoms with Crippen LogP contribution < -0.4 is 5.32 Å². The Morgan fingerprint density at radius 3 is 3.05 bits per heavy atom. The molecule has 0 saturated carbocycles. The third-order valence-corrected chi connectivity index (χ3v) is 4.76. The van der Waals surface area contributed by atoms with Crippen LogP contribution in [0, 0.1) is 0 Å². The first-order chi connectivity index (χ1) is 9.74. The fraction of sp³-hybridized carbons (Fsp3) is 0.500. The van der Waals surface area contributed by atoms with Gasteiger partial charge in [0.15, 0.2) is 0 Å². The van der Waals surface area contributed by atoms with Crippen molar-refractivity contribution in [2.24, 2.45) is 0 Å². The van der Waals surface area contributed by atoms with Gasteiger partial charge in [-0.15, -0.1) is 11.3 Å². The van der Waals surface area contributed by atoms with E-state index in [0.717, 1.165) is 35.5 Å². The van der Waals surface area contributed by atoms with E-state index in [1.54, 1.807) is 17.7 Å². The number of hydrogen-bond acceptors (Lipinski definition) is 5. The SMILES string of the molecule is CCNc1ncnc2sc3c(c12)CCN(C(=O)CC)C3. The smallest absolute Gasteiger partial charge is 0.222 e. The van der Waals surface area contributed by atoms with E-state index < -0.39 is 0 Å². The van der Waals surface area contributed by atoms with Crippen LogP contribution in [0.4, 0.5) is 5.82 Å². The Bertz CT molecular complexity index is 652. The van der Waals surface area contributed by atoms with Gasteiger partial charge in [0.25, 0.3) is 0 Å². The molecule has 0 fully saturated rings. The molecule has 2 aromatic rings. The number of amides is 1. The van der Waals surface area contributed by atoms with E-state index in [-0.39, 0.29) is 5.91 Å². The molecule has 0 spiro atoms. The quantitative estimate of drug-likeness (QED) is 0.943. The molecule has 0 radical (unpaired) electrons. The maximum atomic E-state index is 11.9. The first kappa shape index (κ1) is 13.3. The Morgan fingerprint density at radius 1 is 1.45 bits per heavy atom. The molecule has 0 bridgehead atoms. The summed E-state index contributed by atoms with van der Waals surface area (Å²) in [6, 6.07) is 0. The molecule has 0 saturated heterocycles. The lowest BCUT2D eigenvalue weighted by molar-refractivity contribution is -0.131. The number of thiophene rings is 1. The van der Waals surface area contributed by atoms with Crippen LogP contribution in [0.3, 0.4) is 0 Å². The Kier molecular flexibility index (Phi) is 3.56. The van der Waals surface area contributed by atoms with E-state index in [0.29, 0.717) is 13.0 Å². The van der Waals surface area contributed by atoms with Gasteiger partial charge in [-0.2, -0.15) is 0 Å². The van der Waals surface area contributed by atoms with Crippen LogP contribution in [0.2, 0.25) is 0 Å². The zero-order valence-corrected chi connectivity index (χ0v) is 12.6. The van der Waals surface area contributed by atoms with Crippen LogP contribution in [0.15, 0.2) is 6.33 Å². The van der Waals surface area contributed by atoms with E-state index in [4.69, 9.17) is 0 Å². The van der Waals surface area contributed by atoms with Gasteiger partial charge in [-0.1, -0.05) is 6.92 Å². The topological polar surface area (TPSA) is 58.1 Å². The summed E-state index contributed by atoms with van der Waals surface area (Å²) >= 11 is 1.69. The highest BCUT2D eigenvalue weighted by atomic mass is 32.1. The van der Waals surface area contributed by atoms with Gasteiger partial charge in [0, 0.05) is 24.4 Å². The van der Waals surface area contributed by atoms with Crippen LogP contribution >= 0.6 is 11.3 Å². The van der Waals surface area contributed by atoms with Crippen molar-refractivity contribution in [2.75, 3.05) is 18.4 Å². The van der Waals surface area contributed by atoms with E-state index >= 15 is 0 Å². The number of aromatic nitrogens is 2. The second kappa shape index (κ2) is 5.36. The molecule has 0 atom stereocenters. The normalized spacial score (nSPS) is 14.4. The predicted octanol–water partition coefficient (Wildman–Crippen LogP) is 2.42. The zero-order valence-electron chi connectivity index (χ0n) is 11.8. The van der Waals surface area contributed by atoms with Gasteiger partial charge in [-0.3, -0.25) is 4.79 Å². The third kappa shape index (κ3) is 2.14. The minimum atomic E-state index is 0.228. The summed E-state index contributed by atoms with van der Waals surface area (Å²) in [4.78, 5) is 24.8. The summed E-state index contributed by atoms with van der Waals surface area (Å²) < 4.78 is 0. The average molecular weight is 290 g/mol. The first-order valence-electron chi connectivity index (χ1n) is 7.01. The Hall–Kier alpha value is -1.69. The molecule has 1 amide bonds. The van der Waals surface area contributed by atoms with Crippen molar-refractivity contribution in [2.45, 2.75) is 33.2 Å². The molecule has 6 heteroatoms. The summed E-state index contributed by atoms with van der Waals surface area (Å²) in [6.07, 6.45) is 3.08. The number of fused-ring (bicyclic) bond motifs is 3. The second-order valence-corrected chi connectivity index (χ2v) is 5.94. The predicted molar refractivity (Wildman–Crippen MR) is 81.0 cm³/mol. The van der Waals surface area contributed by atoms with E-state index in [1.807, 2.05) is 11.8 Å². The molecular formula is C14H18N4OS. The third-order valence-electron chi connectivity index (χ3n) is 3.64. The molecule has 20 heavy (non-hydrogen) atoms. The van der Waals surface area contributed by atoms with Crippen molar-refractivity contribution >= 4 is 33.3 Å². The van der Waals surface area contributed by atoms with Crippen molar-refractivity contribution < 1.29 is 4.79 Å². The number of rotatable bonds is 3. The van der Waals surface area contributed by atoms with Crippen molar-refractivity contribution in [3.8, 4) is 0 Å². The lowest BCUT2D eigenvalue weighted by atomic mass is 10.0. The number of hydrogen-bond donors (Lipinski definition) is 1. The number of anilines is 1. The summed E-state index contributed by atoms with van der Waals surface area (Å²) in [7, 11) is 0. The molecule has 2 aromatic heterocycles. The van der Waals surface area contributed by atoms with Gasteiger partial charge < -0.3 is 10.2 Å². The van der Waals surface area contributed by atoms with Crippen LogP contribution in [-0.4, -0.2) is 33.9 Å². The van der Waals surface area contributed by atoms with Crippen molar-refractivity contribution in [1.82, 2.24) is 14.9 Å². The van der Waals surface area contributed by atoms with Crippen LogP contribution in [0.25, 0.3) is 10.2 Å². The summed E-state index contributed by atoms with van der Waals surface area (Å²) in [6.45, 7) is 6.34. The number of nitrogens with zero attached hydrogens (tertiary/aromatic N) is 3. The minimum Gasteiger partial charge on any atom is -0.370 e. The average Bonchev–Trinajstić information content (AvgIpc) is 2.85. The summed E-state index contributed by atoms with van der Waals surface area (Å²) in [5.74, 6) is 1.15. The largest absolute Gasteiger partial charge is 0.370 e. The fourth-order valence-electron chi connectivity index (χ4n) is 2.67. The summed E-state index contributed by atoms with van der Waals surface area (Å²) in [5.41, 5.74) is 1.32. The highest BCUT2D eigenvalue weighted by molar-refractivity contribution is 7.19. The summed E-state index contributed by atoms with van der Waals surface area (Å²) in [5, 5.41) is 4.46. The highest BCUT2D eigenvalue weighted by Crippen LogP contribution is 2.37. The van der Waals surface area contributed by atoms with Crippen LogP contribution in [0.5, 0.6) is 0 Å². The molecule has 3 heterocycles. The standard InChI is InChI=1S/C14H18N4OS/c1-3-11(19)18-6-5-9-10(7-18)20-14-12(9)13(15-4-2)16-8-17-14/h8H,3-7H2,1-2H3,(H,15,16,17). The van der Waals surface area contributed by atoms with Crippen LogP contribution in [0.1, 0.15) is 30.7 Å². The van der Waals surface area contributed by atoms with Gasteiger partial charge in [0.05, 0.1) is 11.9 Å². The Balaban J connectivity index is 2.03. The first-order valence-corrected chi connectivity index (χ1v) is 7.83. The zero-order chi connectivity index (χ0) is 14.1. The van der Waals surface area contributed by atoms with Gasteiger partial charge in [0.2, 0.25) is 5.91 Å². The number of carbonyl (C=O) groups excluding carboxylic acids is 1. The molecule has 3 rings (SSSR count). The Labute approximate surface area is 122 Å². The molecule has 1 N–H and O–H groups in total. The maximum Gasteiger partial charge on any atom is 0.222 e. The van der Waals surface area contributed by atoms with E-state index in [9.17, 15) is 4.79 Å². The van der Waals surface area contributed by atoms with Gasteiger partial charge in [0.1, 0.15) is 17.0 Å². The van der Waals surface area contributed by atoms with E-state index in [2.05, 4.69) is 22.2 Å². The molecule has 1 aliphatic heterocycles. The molecule has 106 valence electrons. The Morgan fingerprint density at radius 2 is 2.30 bits per heavy atom. The monoisotopic (exact) mass is 290 g/mol. The lowest BCUT2D eigenvalue weighted by Gasteiger charge is -2.26. The van der Waals surface area contributed by atoms with E-state index in [1.165, 1.54) is 10.4 Å². The highest BCUT2D eigenvalue weighted by Gasteiger charge is 2.25. The lowest BCUT2D eigenvalue weighted by Crippen LogP contribution is -2.34. The fourth-order valence-corrected chi connectivity index (χ4v) is 3.87. The van der Waals surface area contributed by atoms with Crippen molar-refractivity contribution in [1.29, 1.82) is 0 Å². The molecule has 0 unspecified atom stereocenters. The number of nitrogens with one attached hydrogen (secondary N) is 1. The molecule has 5 nitrogen and oxygen atoms in total. The molecule has 1 aliphatic rings. The van der Waals surface area contributed by atoms with Crippen molar-refractivity contribution in [3.05, 3.63) is 16.8 Å². The minimum absolute atomic E-state index is 0.228.